The first-order chi connectivity index (χ1) is 11.1. The van der Waals surface area contributed by atoms with Gasteiger partial charge in [0, 0.05) is 6.08 Å². The molecule has 0 aromatic heterocycles. The maximum atomic E-state index is 12.4. The van der Waals surface area contributed by atoms with Crippen LogP contribution in [0.5, 0.6) is 5.75 Å². The van der Waals surface area contributed by atoms with Crippen LogP contribution in [0.2, 0.25) is 0 Å². The number of nitrogens with zero attached hydrogens (tertiary/aromatic N) is 1. The molecule has 2 heterocycles. The number of hydrogen-bond donors (Lipinski definition) is 1. The number of hydrogen-bond acceptors (Lipinski definition) is 5. The third-order valence-electron chi connectivity index (χ3n) is 3.71. The summed E-state index contributed by atoms with van der Waals surface area (Å²) in [5, 5.41) is 9.49. The lowest BCUT2D eigenvalue weighted by Crippen LogP contribution is -2.29. The van der Waals surface area contributed by atoms with Crippen molar-refractivity contribution < 1.29 is 24.2 Å². The van der Waals surface area contributed by atoms with Crippen LogP contribution in [0.15, 0.2) is 48.4 Å². The standard InChI is InChI=1S/C17H11NO5/c19-12-5-6-13-14(8-12)17(21)18(16(13)20)11-3-1-10(2-4-11)7-15-22-9-23-15/h1-8,19H,9H2. The number of benzene rings is 2. The van der Waals surface area contributed by atoms with Crippen LogP contribution in [0.4, 0.5) is 5.69 Å². The summed E-state index contributed by atoms with van der Waals surface area (Å²) in [6, 6.07) is 11.0. The zero-order valence-electron chi connectivity index (χ0n) is 11.9. The molecule has 2 aliphatic heterocycles. The Bertz CT molecular complexity index is 848. The van der Waals surface area contributed by atoms with Gasteiger partial charge in [-0.15, -0.1) is 0 Å². The Kier molecular flexibility index (Phi) is 2.84. The van der Waals surface area contributed by atoms with Crippen LogP contribution in [0.1, 0.15) is 26.3 Å². The third kappa shape index (κ3) is 2.12. The summed E-state index contributed by atoms with van der Waals surface area (Å²) in [6.07, 6.45) is 1.72. The number of ether oxygens (including phenoxy) is 2. The summed E-state index contributed by atoms with van der Waals surface area (Å²) in [7, 11) is 0. The van der Waals surface area contributed by atoms with Crippen molar-refractivity contribution in [2.45, 2.75) is 0 Å². The molecule has 0 spiro atoms. The number of amides is 2. The molecule has 0 aliphatic carbocycles. The number of aromatic hydroxyl groups is 1. The van der Waals surface area contributed by atoms with Crippen LogP contribution in [-0.2, 0) is 9.47 Å². The topological polar surface area (TPSA) is 76.1 Å². The van der Waals surface area contributed by atoms with Gasteiger partial charge in [0.25, 0.3) is 17.8 Å². The molecule has 6 heteroatoms. The van der Waals surface area contributed by atoms with Gasteiger partial charge in [0.1, 0.15) is 5.75 Å². The van der Waals surface area contributed by atoms with Crippen LogP contribution in [0.3, 0.4) is 0 Å². The Labute approximate surface area is 131 Å². The van der Waals surface area contributed by atoms with Gasteiger partial charge >= 0.3 is 0 Å². The smallest absolute Gasteiger partial charge is 0.285 e. The zero-order chi connectivity index (χ0) is 16.0. The largest absolute Gasteiger partial charge is 0.508 e. The van der Waals surface area contributed by atoms with Gasteiger partial charge in [0.2, 0.25) is 6.79 Å². The van der Waals surface area contributed by atoms with Crippen LogP contribution >= 0.6 is 0 Å². The highest BCUT2D eigenvalue weighted by atomic mass is 16.8. The highest BCUT2D eigenvalue weighted by Gasteiger charge is 2.36. The van der Waals surface area contributed by atoms with E-state index in [0.29, 0.717) is 11.6 Å². The van der Waals surface area contributed by atoms with Crippen molar-refractivity contribution in [3.05, 3.63) is 65.1 Å². The molecule has 6 nitrogen and oxygen atoms in total. The fraction of sp³-hybridized carbons (Fsp3) is 0.0588. The molecule has 1 N–H and O–H groups in total. The molecule has 2 amide bonds. The minimum absolute atomic E-state index is 0.0470. The van der Waals surface area contributed by atoms with E-state index in [0.717, 1.165) is 10.5 Å². The van der Waals surface area contributed by atoms with E-state index in [9.17, 15) is 14.7 Å². The second-order valence-corrected chi connectivity index (χ2v) is 5.14. The first kappa shape index (κ1) is 13.4. The molecular weight excluding hydrogens is 298 g/mol. The Morgan fingerprint density at radius 1 is 0.957 bits per heavy atom. The summed E-state index contributed by atoms with van der Waals surface area (Å²) in [5.41, 5.74) is 1.79. The lowest BCUT2D eigenvalue weighted by molar-refractivity contribution is -0.162. The molecule has 0 bridgehead atoms. The Hall–Kier alpha value is -3.28. The molecule has 0 saturated carbocycles. The van der Waals surface area contributed by atoms with Crippen LogP contribution in [0.25, 0.3) is 6.08 Å². The van der Waals surface area contributed by atoms with Crippen LogP contribution < -0.4 is 4.90 Å². The number of phenolic OH excluding ortho intramolecular Hbond substituents is 1. The first-order valence-corrected chi connectivity index (χ1v) is 6.93. The lowest BCUT2D eigenvalue weighted by Gasteiger charge is -2.19. The average molecular weight is 309 g/mol. The fourth-order valence-electron chi connectivity index (χ4n) is 2.53. The molecule has 1 saturated heterocycles. The molecule has 2 aromatic carbocycles. The van der Waals surface area contributed by atoms with Crippen molar-refractivity contribution in [3.63, 3.8) is 0 Å². The normalized spacial score (nSPS) is 15.7. The third-order valence-corrected chi connectivity index (χ3v) is 3.71. The maximum Gasteiger partial charge on any atom is 0.285 e. The number of carbonyl (C=O) groups excluding carboxylic acids is 2. The highest BCUT2D eigenvalue weighted by molar-refractivity contribution is 6.34. The van der Waals surface area contributed by atoms with Crippen molar-refractivity contribution in [3.8, 4) is 5.75 Å². The van der Waals surface area contributed by atoms with Gasteiger partial charge in [0.15, 0.2) is 0 Å². The van der Waals surface area contributed by atoms with Crippen molar-refractivity contribution in [1.29, 1.82) is 0 Å². The average Bonchev–Trinajstić information content (AvgIpc) is 2.75. The van der Waals surface area contributed by atoms with Crippen molar-refractivity contribution in [2.75, 3.05) is 11.7 Å². The van der Waals surface area contributed by atoms with Gasteiger partial charge in [-0.3, -0.25) is 9.59 Å². The molecule has 114 valence electrons. The van der Waals surface area contributed by atoms with E-state index in [-0.39, 0.29) is 23.7 Å². The summed E-state index contributed by atoms with van der Waals surface area (Å²) in [5.74, 6) is -0.456. The summed E-state index contributed by atoms with van der Waals surface area (Å²) < 4.78 is 10.1. The first-order valence-electron chi connectivity index (χ1n) is 6.93. The number of imide groups is 1. The van der Waals surface area contributed by atoms with Gasteiger partial charge in [0.05, 0.1) is 16.8 Å². The highest BCUT2D eigenvalue weighted by Crippen LogP contribution is 2.30. The Balaban J connectivity index is 1.66. The van der Waals surface area contributed by atoms with E-state index in [1.54, 1.807) is 30.3 Å². The monoisotopic (exact) mass is 309 g/mol. The SMILES string of the molecule is O=C1c2ccc(O)cc2C(=O)N1c1ccc(C=C2OCO2)cc1. The number of carbonyl (C=O) groups is 2. The maximum absolute atomic E-state index is 12.4. The molecule has 1 fully saturated rings. The van der Waals surface area contributed by atoms with Gasteiger partial charge in [-0.25, -0.2) is 4.90 Å². The van der Waals surface area contributed by atoms with Crippen LogP contribution in [0, 0.1) is 0 Å². The van der Waals surface area contributed by atoms with Gasteiger partial charge in [-0.05, 0) is 35.9 Å². The van der Waals surface area contributed by atoms with E-state index >= 15 is 0 Å². The second kappa shape index (κ2) is 4.88. The predicted molar refractivity (Wildman–Crippen MR) is 80.7 cm³/mol. The number of rotatable bonds is 2. The summed E-state index contributed by atoms with van der Waals surface area (Å²) >= 11 is 0. The molecule has 0 unspecified atom stereocenters. The van der Waals surface area contributed by atoms with E-state index in [1.807, 2.05) is 0 Å². The van der Waals surface area contributed by atoms with E-state index in [4.69, 9.17) is 9.47 Å². The van der Waals surface area contributed by atoms with E-state index in [1.165, 1.54) is 18.2 Å². The second-order valence-electron chi connectivity index (χ2n) is 5.14. The van der Waals surface area contributed by atoms with Crippen molar-refractivity contribution in [2.24, 2.45) is 0 Å². The minimum Gasteiger partial charge on any atom is -0.508 e. The van der Waals surface area contributed by atoms with E-state index in [2.05, 4.69) is 0 Å². The van der Waals surface area contributed by atoms with Crippen molar-refractivity contribution in [1.82, 2.24) is 0 Å². The van der Waals surface area contributed by atoms with E-state index < -0.39 is 11.8 Å². The molecule has 2 aliphatic rings. The van der Waals surface area contributed by atoms with Gasteiger partial charge in [-0.1, -0.05) is 12.1 Å². The Morgan fingerprint density at radius 3 is 2.30 bits per heavy atom. The molecule has 0 atom stereocenters. The molecule has 2 aromatic rings. The lowest BCUT2D eigenvalue weighted by atomic mass is 10.1. The van der Waals surface area contributed by atoms with Gasteiger partial charge < -0.3 is 14.6 Å². The van der Waals surface area contributed by atoms with Crippen LogP contribution in [-0.4, -0.2) is 23.7 Å². The summed E-state index contributed by atoms with van der Waals surface area (Å²) in [6.45, 7) is 0.256. The minimum atomic E-state index is -0.447. The number of anilines is 1. The number of fused-ring (bicyclic) bond motifs is 1. The molecular formula is C17H11NO5. The molecule has 0 radical (unpaired) electrons. The zero-order valence-corrected chi connectivity index (χ0v) is 11.9. The molecule has 23 heavy (non-hydrogen) atoms. The van der Waals surface area contributed by atoms with Crippen molar-refractivity contribution >= 4 is 23.6 Å². The molecule has 4 rings (SSSR count). The predicted octanol–water partition coefficient (Wildman–Crippen LogP) is 2.50. The number of phenols is 1. The fourth-order valence-corrected chi connectivity index (χ4v) is 2.53. The van der Waals surface area contributed by atoms with Gasteiger partial charge in [-0.2, -0.15) is 0 Å². The Morgan fingerprint density at radius 2 is 1.65 bits per heavy atom. The quantitative estimate of drug-likeness (QED) is 0.863. The summed E-state index contributed by atoms with van der Waals surface area (Å²) in [4.78, 5) is 25.9.